The Labute approximate surface area is 105 Å². The van der Waals surface area contributed by atoms with Crippen LogP contribution >= 0.6 is 12.2 Å². The lowest BCUT2D eigenvalue weighted by Gasteiger charge is -1.97. The molecule has 0 amide bonds. The molecule has 17 heavy (non-hydrogen) atoms. The van der Waals surface area contributed by atoms with Crippen LogP contribution in [0.3, 0.4) is 0 Å². The van der Waals surface area contributed by atoms with Crippen LogP contribution in [-0.2, 0) is 6.54 Å². The minimum absolute atomic E-state index is 0.167. The van der Waals surface area contributed by atoms with Gasteiger partial charge in [0, 0.05) is 29.2 Å². The monoisotopic (exact) mass is 246 g/mol. The Morgan fingerprint density at radius 1 is 1.53 bits per heavy atom. The molecule has 0 saturated carbocycles. The number of benzene rings is 1. The molecule has 0 aliphatic rings. The highest BCUT2D eigenvalue weighted by Crippen LogP contribution is 2.19. The van der Waals surface area contributed by atoms with Gasteiger partial charge in [0.2, 0.25) is 0 Å². The first-order valence-corrected chi connectivity index (χ1v) is 5.79. The number of hydrazone groups is 1. The molecule has 0 unspecified atom stereocenters. The van der Waals surface area contributed by atoms with E-state index in [1.165, 1.54) is 10.9 Å². The maximum atomic E-state index is 5.30. The number of hydrogen-bond donors (Lipinski definition) is 2. The molecule has 1 aromatic heterocycles. The van der Waals surface area contributed by atoms with Gasteiger partial charge >= 0.3 is 0 Å². The molecule has 4 nitrogen and oxygen atoms in total. The molecule has 0 fully saturated rings. The number of nitrogens with zero attached hydrogens (tertiary/aromatic N) is 2. The minimum Gasteiger partial charge on any atom is -0.375 e. The van der Waals surface area contributed by atoms with Gasteiger partial charge in [0.25, 0.3) is 0 Å². The Bertz CT molecular complexity index is 571. The molecule has 1 heterocycles. The summed E-state index contributed by atoms with van der Waals surface area (Å²) in [5, 5.41) is 5.32. The van der Waals surface area contributed by atoms with E-state index < -0.39 is 0 Å². The van der Waals surface area contributed by atoms with Gasteiger partial charge in [-0.15, -0.1) is 0 Å². The highest BCUT2D eigenvalue weighted by molar-refractivity contribution is 7.80. The Morgan fingerprint density at radius 2 is 2.29 bits per heavy atom. The van der Waals surface area contributed by atoms with Crippen LogP contribution in [-0.4, -0.2) is 15.9 Å². The highest BCUT2D eigenvalue weighted by Gasteiger charge is 2.04. The third kappa shape index (κ3) is 2.45. The lowest BCUT2D eigenvalue weighted by molar-refractivity contribution is 0.797. The Balaban J connectivity index is 2.40. The van der Waals surface area contributed by atoms with E-state index >= 15 is 0 Å². The van der Waals surface area contributed by atoms with E-state index in [0.717, 1.165) is 12.1 Å². The van der Waals surface area contributed by atoms with Gasteiger partial charge in [-0.25, -0.2) is 0 Å². The number of nitrogens with one attached hydrogen (secondary N) is 1. The second-order valence-corrected chi connectivity index (χ2v) is 4.06. The van der Waals surface area contributed by atoms with E-state index in [1.807, 2.05) is 12.1 Å². The highest BCUT2D eigenvalue weighted by atomic mass is 32.1. The van der Waals surface area contributed by atoms with Gasteiger partial charge < -0.3 is 10.3 Å². The summed E-state index contributed by atoms with van der Waals surface area (Å²) in [7, 11) is 0. The van der Waals surface area contributed by atoms with Gasteiger partial charge in [-0.05, 0) is 25.2 Å². The van der Waals surface area contributed by atoms with Crippen LogP contribution in [0.15, 0.2) is 35.6 Å². The zero-order valence-corrected chi connectivity index (χ0v) is 10.4. The molecule has 0 radical (unpaired) electrons. The van der Waals surface area contributed by atoms with Crippen LogP contribution in [0.2, 0.25) is 0 Å². The van der Waals surface area contributed by atoms with Crippen molar-refractivity contribution >= 4 is 34.4 Å². The Hall–Kier alpha value is -1.88. The zero-order chi connectivity index (χ0) is 12.3. The molecule has 1 aromatic carbocycles. The van der Waals surface area contributed by atoms with Crippen molar-refractivity contribution in [3.05, 3.63) is 36.0 Å². The topological polar surface area (TPSA) is 55.3 Å². The first-order chi connectivity index (χ1) is 8.22. The molecule has 2 rings (SSSR count). The number of thiocarbonyl (C=S) groups is 1. The molecular weight excluding hydrogens is 232 g/mol. The molecule has 88 valence electrons. The summed E-state index contributed by atoms with van der Waals surface area (Å²) in [5.74, 6) is 0. The van der Waals surface area contributed by atoms with Crippen molar-refractivity contribution in [3.63, 3.8) is 0 Å². The van der Waals surface area contributed by atoms with Crippen LogP contribution in [0.5, 0.6) is 0 Å². The van der Waals surface area contributed by atoms with E-state index in [9.17, 15) is 0 Å². The minimum atomic E-state index is 0.167. The second-order valence-electron chi connectivity index (χ2n) is 3.62. The first kappa shape index (κ1) is 11.6. The Morgan fingerprint density at radius 3 is 3.00 bits per heavy atom. The number of nitrogens with two attached hydrogens (primary N) is 1. The van der Waals surface area contributed by atoms with E-state index in [4.69, 9.17) is 5.73 Å². The van der Waals surface area contributed by atoms with Crippen molar-refractivity contribution < 1.29 is 0 Å². The van der Waals surface area contributed by atoms with Gasteiger partial charge in [-0.2, -0.15) is 5.10 Å². The van der Waals surface area contributed by atoms with Crippen molar-refractivity contribution in [2.24, 2.45) is 10.8 Å². The van der Waals surface area contributed by atoms with Crippen molar-refractivity contribution in [1.29, 1.82) is 0 Å². The fourth-order valence-electron chi connectivity index (χ4n) is 1.81. The van der Waals surface area contributed by atoms with Gasteiger partial charge in [0.1, 0.15) is 0 Å². The molecule has 0 bridgehead atoms. The van der Waals surface area contributed by atoms with Crippen LogP contribution in [0, 0.1) is 0 Å². The van der Waals surface area contributed by atoms with E-state index in [-0.39, 0.29) is 5.11 Å². The normalized spacial score (nSPS) is 11.1. The van der Waals surface area contributed by atoms with Crippen LogP contribution in [0.1, 0.15) is 12.5 Å². The summed E-state index contributed by atoms with van der Waals surface area (Å²) >= 11 is 4.68. The molecular formula is C12H14N4S. The number of fused-ring (bicyclic) bond motifs is 1. The lowest BCUT2D eigenvalue weighted by atomic mass is 10.2. The van der Waals surface area contributed by atoms with Crippen LogP contribution < -0.4 is 11.2 Å². The first-order valence-electron chi connectivity index (χ1n) is 5.38. The van der Waals surface area contributed by atoms with Gasteiger partial charge in [-0.3, -0.25) is 5.43 Å². The molecule has 5 heteroatoms. The smallest absolute Gasteiger partial charge is 0.184 e. The predicted molar refractivity (Wildman–Crippen MR) is 75.1 cm³/mol. The third-order valence-corrected chi connectivity index (χ3v) is 2.63. The largest absolute Gasteiger partial charge is 0.375 e. The fourth-order valence-corrected chi connectivity index (χ4v) is 1.86. The second kappa shape index (κ2) is 4.97. The molecule has 0 spiro atoms. The number of hydrogen-bond acceptors (Lipinski definition) is 2. The van der Waals surface area contributed by atoms with Crippen LogP contribution in [0.25, 0.3) is 10.9 Å². The van der Waals surface area contributed by atoms with E-state index in [0.29, 0.717) is 0 Å². The fraction of sp³-hybridized carbons (Fsp3) is 0.167. The quantitative estimate of drug-likeness (QED) is 0.493. The van der Waals surface area contributed by atoms with Gasteiger partial charge in [-0.1, -0.05) is 18.2 Å². The SMILES string of the molecule is CCn1cc(C=NNC(N)=S)c2ccccc21. The maximum absolute atomic E-state index is 5.30. The number of rotatable bonds is 3. The summed E-state index contributed by atoms with van der Waals surface area (Å²) in [6.07, 6.45) is 3.79. The number of aryl methyl sites for hydroxylation is 1. The van der Waals surface area contributed by atoms with Gasteiger partial charge in [0.05, 0.1) is 6.21 Å². The van der Waals surface area contributed by atoms with E-state index in [1.54, 1.807) is 6.21 Å². The Kier molecular flexibility index (Phi) is 3.39. The maximum Gasteiger partial charge on any atom is 0.184 e. The lowest BCUT2D eigenvalue weighted by Crippen LogP contribution is -2.23. The predicted octanol–water partition coefficient (Wildman–Crippen LogP) is 1.83. The standard InChI is InChI=1S/C12H14N4S/c1-2-16-8-9(7-14-15-12(13)17)10-5-3-4-6-11(10)16/h3-8H,2H2,1H3,(H3,13,15,17). The summed E-state index contributed by atoms with van der Waals surface area (Å²) in [6, 6.07) is 8.21. The molecule has 0 aliphatic carbocycles. The zero-order valence-electron chi connectivity index (χ0n) is 9.55. The average molecular weight is 246 g/mol. The third-order valence-electron chi connectivity index (χ3n) is 2.54. The average Bonchev–Trinajstić information content (AvgIpc) is 2.68. The van der Waals surface area contributed by atoms with Crippen LogP contribution in [0.4, 0.5) is 0 Å². The van der Waals surface area contributed by atoms with Crippen molar-refractivity contribution in [1.82, 2.24) is 9.99 Å². The number of aromatic nitrogens is 1. The summed E-state index contributed by atoms with van der Waals surface area (Å²) in [5.41, 5.74) is 10.1. The number of para-hydroxylation sites is 1. The summed E-state index contributed by atoms with van der Waals surface area (Å²) in [4.78, 5) is 0. The van der Waals surface area contributed by atoms with Crippen molar-refractivity contribution in [2.45, 2.75) is 13.5 Å². The molecule has 0 aliphatic heterocycles. The molecule has 3 N–H and O–H groups in total. The van der Waals surface area contributed by atoms with Crippen molar-refractivity contribution in [3.8, 4) is 0 Å². The summed E-state index contributed by atoms with van der Waals surface area (Å²) in [6.45, 7) is 3.04. The molecule has 0 atom stereocenters. The summed E-state index contributed by atoms with van der Waals surface area (Å²) < 4.78 is 2.18. The van der Waals surface area contributed by atoms with Crippen molar-refractivity contribution in [2.75, 3.05) is 0 Å². The molecule has 0 saturated heterocycles. The molecule has 2 aromatic rings. The van der Waals surface area contributed by atoms with E-state index in [2.05, 4.69) is 52.6 Å². The van der Waals surface area contributed by atoms with Gasteiger partial charge in [0.15, 0.2) is 5.11 Å².